The minimum absolute atomic E-state index is 0.281. The summed E-state index contributed by atoms with van der Waals surface area (Å²) in [7, 11) is 0. The normalized spacial score (nSPS) is 11.2. The van der Waals surface area contributed by atoms with Gasteiger partial charge in [-0.2, -0.15) is 0 Å². The molecule has 0 unspecified atom stereocenters. The molecule has 0 amide bonds. The Balaban J connectivity index is 2.26. The Kier molecular flexibility index (Phi) is 3.78. The maximum atomic E-state index is 13.6. The number of nitrogens with zero attached hydrogens (tertiary/aromatic N) is 2. The second-order valence-electron chi connectivity index (χ2n) is 4.86. The van der Waals surface area contributed by atoms with E-state index in [0.29, 0.717) is 11.0 Å². The third kappa shape index (κ3) is 2.59. The molecule has 0 radical (unpaired) electrons. The first-order valence-corrected chi connectivity index (χ1v) is 7.57. The fourth-order valence-electron chi connectivity index (χ4n) is 2.53. The van der Waals surface area contributed by atoms with Crippen LogP contribution in [-0.4, -0.2) is 9.55 Å². The molecule has 0 bridgehead atoms. The van der Waals surface area contributed by atoms with Crippen molar-refractivity contribution >= 4 is 27.0 Å². The van der Waals surface area contributed by atoms with Gasteiger partial charge >= 0.3 is 0 Å². The lowest BCUT2D eigenvalue weighted by atomic mass is 10.2. The number of halogens is 2. The van der Waals surface area contributed by atoms with Gasteiger partial charge in [-0.25, -0.2) is 9.37 Å². The van der Waals surface area contributed by atoms with Crippen LogP contribution in [0.2, 0.25) is 0 Å². The zero-order valence-electron chi connectivity index (χ0n) is 11.6. The van der Waals surface area contributed by atoms with E-state index in [1.165, 1.54) is 12.1 Å². The van der Waals surface area contributed by atoms with Crippen molar-refractivity contribution in [3.63, 3.8) is 0 Å². The predicted octanol–water partition coefficient (Wildman–Crippen LogP) is 4.08. The van der Waals surface area contributed by atoms with Gasteiger partial charge in [0.1, 0.15) is 11.6 Å². The molecule has 1 aromatic heterocycles. The molecular weight excluding hydrogens is 333 g/mol. The number of imidazole rings is 1. The van der Waals surface area contributed by atoms with Crippen LogP contribution in [0.5, 0.6) is 0 Å². The zero-order valence-corrected chi connectivity index (χ0v) is 13.2. The molecule has 0 atom stereocenters. The van der Waals surface area contributed by atoms with E-state index in [-0.39, 0.29) is 5.82 Å². The Morgan fingerprint density at radius 2 is 2.05 bits per heavy atom. The van der Waals surface area contributed by atoms with E-state index in [9.17, 15) is 4.39 Å². The van der Waals surface area contributed by atoms with Crippen LogP contribution in [0.25, 0.3) is 22.4 Å². The predicted molar refractivity (Wildman–Crippen MR) is 86.4 cm³/mol. The van der Waals surface area contributed by atoms with Crippen molar-refractivity contribution in [2.75, 3.05) is 0 Å². The van der Waals surface area contributed by atoms with Crippen LogP contribution in [-0.2, 0) is 13.1 Å². The quantitative estimate of drug-likeness (QED) is 0.775. The van der Waals surface area contributed by atoms with Gasteiger partial charge < -0.3 is 10.3 Å². The molecule has 0 aliphatic heterocycles. The third-order valence-electron chi connectivity index (χ3n) is 3.49. The minimum atomic E-state index is -0.281. The van der Waals surface area contributed by atoms with Crippen LogP contribution in [0.4, 0.5) is 4.39 Å². The fourth-order valence-corrected chi connectivity index (χ4v) is 2.99. The smallest absolute Gasteiger partial charge is 0.141 e. The van der Waals surface area contributed by atoms with E-state index in [1.807, 2.05) is 24.3 Å². The number of aryl methyl sites for hydroxylation is 1. The van der Waals surface area contributed by atoms with Gasteiger partial charge in [-0.1, -0.05) is 22.0 Å². The lowest BCUT2D eigenvalue weighted by Gasteiger charge is -2.07. The number of hydrogen-bond donors (Lipinski definition) is 1. The maximum Gasteiger partial charge on any atom is 0.141 e. The highest BCUT2D eigenvalue weighted by Gasteiger charge is 2.13. The molecule has 0 saturated heterocycles. The average Bonchev–Trinajstić information content (AvgIpc) is 2.83. The van der Waals surface area contributed by atoms with Crippen molar-refractivity contribution in [1.29, 1.82) is 0 Å². The molecule has 5 heteroatoms. The maximum absolute atomic E-state index is 13.6. The summed E-state index contributed by atoms with van der Waals surface area (Å²) < 4.78 is 16.4. The van der Waals surface area contributed by atoms with Gasteiger partial charge in [-0.3, -0.25) is 0 Å². The van der Waals surface area contributed by atoms with Crippen LogP contribution >= 0.6 is 15.9 Å². The van der Waals surface area contributed by atoms with E-state index in [2.05, 4.69) is 32.4 Å². The average molecular weight is 348 g/mol. The van der Waals surface area contributed by atoms with Crippen molar-refractivity contribution in [3.05, 3.63) is 52.3 Å². The van der Waals surface area contributed by atoms with Gasteiger partial charge in [-0.15, -0.1) is 0 Å². The summed E-state index contributed by atoms with van der Waals surface area (Å²) in [6.07, 6.45) is 0. The summed E-state index contributed by atoms with van der Waals surface area (Å²) in [5.41, 5.74) is 9.39. The van der Waals surface area contributed by atoms with Gasteiger partial charge in [-0.05, 0) is 42.8 Å². The van der Waals surface area contributed by atoms with Crippen molar-refractivity contribution in [2.24, 2.45) is 5.73 Å². The van der Waals surface area contributed by atoms with Crippen LogP contribution in [0.3, 0.4) is 0 Å². The lowest BCUT2D eigenvalue weighted by molar-refractivity contribution is 0.627. The van der Waals surface area contributed by atoms with E-state index in [4.69, 9.17) is 5.73 Å². The van der Waals surface area contributed by atoms with Crippen molar-refractivity contribution < 1.29 is 4.39 Å². The summed E-state index contributed by atoms with van der Waals surface area (Å²) >= 11 is 3.33. The number of benzene rings is 2. The molecule has 0 spiro atoms. The number of fused-ring (bicyclic) bond motifs is 1. The minimum Gasteiger partial charge on any atom is -0.326 e. The molecule has 3 rings (SSSR count). The van der Waals surface area contributed by atoms with Gasteiger partial charge in [0, 0.05) is 23.1 Å². The van der Waals surface area contributed by atoms with Gasteiger partial charge in [0.05, 0.1) is 11.0 Å². The molecule has 2 aromatic carbocycles. The Morgan fingerprint density at radius 3 is 2.71 bits per heavy atom. The van der Waals surface area contributed by atoms with Crippen LogP contribution in [0, 0.1) is 5.82 Å². The fraction of sp³-hybridized carbons (Fsp3) is 0.188. The first-order valence-electron chi connectivity index (χ1n) is 6.78. The van der Waals surface area contributed by atoms with Crippen molar-refractivity contribution in [1.82, 2.24) is 9.55 Å². The summed E-state index contributed by atoms with van der Waals surface area (Å²) in [5, 5.41) is 0. The molecule has 1 heterocycles. The van der Waals surface area contributed by atoms with Crippen LogP contribution in [0.1, 0.15) is 12.5 Å². The molecule has 0 aliphatic rings. The second-order valence-corrected chi connectivity index (χ2v) is 5.78. The van der Waals surface area contributed by atoms with Gasteiger partial charge in [0.25, 0.3) is 0 Å². The Bertz CT molecular complexity index is 790. The lowest BCUT2D eigenvalue weighted by Crippen LogP contribution is -1.98. The second kappa shape index (κ2) is 5.58. The first kappa shape index (κ1) is 14.2. The van der Waals surface area contributed by atoms with Crippen molar-refractivity contribution in [3.8, 4) is 11.4 Å². The molecule has 108 valence electrons. The molecule has 0 fully saturated rings. The van der Waals surface area contributed by atoms with Crippen molar-refractivity contribution in [2.45, 2.75) is 20.0 Å². The SMILES string of the molecule is CCn1c(-c2cc(F)cc(Br)c2)nc2cc(CN)ccc21. The highest BCUT2D eigenvalue weighted by molar-refractivity contribution is 9.10. The Labute approximate surface area is 130 Å². The zero-order chi connectivity index (χ0) is 15.0. The molecule has 2 N–H and O–H groups in total. The van der Waals surface area contributed by atoms with Gasteiger partial charge in [0.2, 0.25) is 0 Å². The standard InChI is InChI=1S/C16H15BrFN3/c1-2-21-15-4-3-10(9-19)5-14(15)20-16(21)11-6-12(17)8-13(18)7-11/h3-8H,2,9,19H2,1H3. The number of nitrogens with two attached hydrogens (primary N) is 1. The van der Waals surface area contributed by atoms with Gasteiger partial charge in [0.15, 0.2) is 0 Å². The van der Waals surface area contributed by atoms with E-state index >= 15 is 0 Å². The molecule has 3 nitrogen and oxygen atoms in total. The highest BCUT2D eigenvalue weighted by atomic mass is 79.9. The molecule has 0 saturated carbocycles. The van der Waals surface area contributed by atoms with E-state index in [0.717, 1.165) is 34.5 Å². The summed E-state index contributed by atoms with van der Waals surface area (Å²) in [4.78, 5) is 4.66. The topological polar surface area (TPSA) is 43.8 Å². The number of rotatable bonds is 3. The molecule has 0 aliphatic carbocycles. The monoisotopic (exact) mass is 347 g/mol. The number of hydrogen-bond acceptors (Lipinski definition) is 2. The first-order chi connectivity index (χ1) is 10.1. The molecule has 21 heavy (non-hydrogen) atoms. The van der Waals surface area contributed by atoms with Crippen LogP contribution < -0.4 is 5.73 Å². The summed E-state index contributed by atoms with van der Waals surface area (Å²) in [5.74, 6) is 0.485. The third-order valence-corrected chi connectivity index (χ3v) is 3.94. The molecule has 3 aromatic rings. The highest BCUT2D eigenvalue weighted by Crippen LogP contribution is 2.28. The summed E-state index contributed by atoms with van der Waals surface area (Å²) in [6.45, 7) is 3.30. The number of aromatic nitrogens is 2. The van der Waals surface area contributed by atoms with Crippen LogP contribution in [0.15, 0.2) is 40.9 Å². The Hall–Kier alpha value is -1.72. The van der Waals surface area contributed by atoms with E-state index < -0.39 is 0 Å². The Morgan fingerprint density at radius 1 is 1.24 bits per heavy atom. The largest absolute Gasteiger partial charge is 0.326 e. The van der Waals surface area contributed by atoms with E-state index in [1.54, 1.807) is 0 Å². The summed E-state index contributed by atoms with van der Waals surface area (Å²) in [6, 6.07) is 10.8. The molecular formula is C16H15BrFN3.